The molecule has 0 radical (unpaired) electrons. The van der Waals surface area contributed by atoms with Crippen molar-refractivity contribution in [2.45, 2.75) is 62.8 Å². The van der Waals surface area contributed by atoms with Gasteiger partial charge in [0.2, 0.25) is 12.1 Å². The lowest BCUT2D eigenvalue weighted by atomic mass is 9.58. The van der Waals surface area contributed by atoms with Crippen LogP contribution in [0.15, 0.2) is 0 Å². The number of hydrogen-bond donors (Lipinski definition) is 0. The first kappa shape index (κ1) is 12.8. The molecule has 0 aromatic rings. The van der Waals surface area contributed by atoms with Crippen LogP contribution in [-0.2, 0) is 28.8 Å². The lowest BCUT2D eigenvalue weighted by Gasteiger charge is -2.57. The van der Waals surface area contributed by atoms with Crippen LogP contribution in [0.1, 0.15) is 39.5 Å². The van der Waals surface area contributed by atoms with Crippen LogP contribution in [0.4, 0.5) is 0 Å². The highest BCUT2D eigenvalue weighted by molar-refractivity contribution is 5.84. The van der Waals surface area contributed by atoms with Crippen molar-refractivity contribution >= 4 is 5.97 Å². The summed E-state index contributed by atoms with van der Waals surface area (Å²) in [6, 6.07) is 0. The second kappa shape index (κ2) is 3.62. The minimum Gasteiger partial charge on any atom is -0.430 e. The topological polar surface area (TPSA) is 66.5 Å². The van der Waals surface area contributed by atoms with Crippen molar-refractivity contribution in [3.05, 3.63) is 0 Å². The summed E-state index contributed by atoms with van der Waals surface area (Å²) in [5.41, 5.74) is -1.53. The Hall–Kier alpha value is -0.690. The summed E-state index contributed by atoms with van der Waals surface area (Å²) in [5, 5.41) is 0. The molecular weight excluding hydrogens is 276 g/mol. The number of ether oxygens (including phenoxy) is 3. The zero-order valence-electron chi connectivity index (χ0n) is 12.3. The first-order valence-electron chi connectivity index (χ1n) is 7.90. The van der Waals surface area contributed by atoms with Crippen molar-refractivity contribution in [3.63, 3.8) is 0 Å². The highest BCUT2D eigenvalue weighted by atomic mass is 17.3. The number of epoxide rings is 1. The van der Waals surface area contributed by atoms with Crippen LogP contribution in [0.3, 0.4) is 0 Å². The minimum absolute atomic E-state index is 0.0416. The Kier molecular flexibility index (Phi) is 2.21. The van der Waals surface area contributed by atoms with Crippen LogP contribution in [0, 0.1) is 17.8 Å². The number of hydrogen-bond acceptors (Lipinski definition) is 6. The van der Waals surface area contributed by atoms with E-state index in [2.05, 4.69) is 6.92 Å². The lowest BCUT2D eigenvalue weighted by molar-refractivity contribution is -0.559. The first-order chi connectivity index (χ1) is 10.0. The fourth-order valence-corrected chi connectivity index (χ4v) is 5.03. The van der Waals surface area contributed by atoms with E-state index < -0.39 is 23.3 Å². The molecule has 5 heterocycles. The zero-order valence-corrected chi connectivity index (χ0v) is 12.3. The number of esters is 1. The molecule has 0 N–H and O–H groups in total. The van der Waals surface area contributed by atoms with E-state index in [9.17, 15) is 4.79 Å². The van der Waals surface area contributed by atoms with Crippen molar-refractivity contribution in [3.8, 4) is 0 Å². The molecule has 5 saturated heterocycles. The van der Waals surface area contributed by atoms with E-state index in [0.29, 0.717) is 12.5 Å². The Bertz CT molecular complexity index is 516. The Labute approximate surface area is 122 Å². The molecule has 6 nitrogen and oxygen atoms in total. The molecule has 0 aromatic carbocycles. The molecule has 6 heteroatoms. The Morgan fingerprint density at radius 2 is 2.00 bits per heavy atom. The van der Waals surface area contributed by atoms with Gasteiger partial charge in [-0.3, -0.25) is 0 Å². The molecule has 2 unspecified atom stereocenters. The summed E-state index contributed by atoms with van der Waals surface area (Å²) in [4.78, 5) is 24.0. The monoisotopic (exact) mass is 296 g/mol. The predicted octanol–water partition coefficient (Wildman–Crippen LogP) is 1.53. The van der Waals surface area contributed by atoms with Crippen molar-refractivity contribution in [2.75, 3.05) is 6.61 Å². The summed E-state index contributed by atoms with van der Waals surface area (Å²) in [6.07, 6.45) is 2.98. The van der Waals surface area contributed by atoms with Gasteiger partial charge in [-0.15, -0.1) is 0 Å². The molecule has 116 valence electrons. The highest BCUT2D eigenvalue weighted by Crippen LogP contribution is 2.63. The van der Waals surface area contributed by atoms with Gasteiger partial charge in [0.05, 0.1) is 6.61 Å². The third-order valence-corrected chi connectivity index (χ3v) is 6.30. The third kappa shape index (κ3) is 1.36. The van der Waals surface area contributed by atoms with Crippen LogP contribution in [-0.4, -0.2) is 35.9 Å². The van der Waals surface area contributed by atoms with E-state index in [-0.39, 0.29) is 17.8 Å². The van der Waals surface area contributed by atoms with E-state index in [1.807, 2.05) is 6.92 Å². The van der Waals surface area contributed by atoms with Gasteiger partial charge in [0.25, 0.3) is 0 Å². The van der Waals surface area contributed by atoms with E-state index in [1.165, 1.54) is 0 Å². The number of carbonyl (C=O) groups is 1. The lowest BCUT2D eigenvalue weighted by Crippen LogP contribution is -2.72. The van der Waals surface area contributed by atoms with Gasteiger partial charge in [0.15, 0.2) is 11.2 Å². The van der Waals surface area contributed by atoms with Crippen LogP contribution in [0.5, 0.6) is 0 Å². The summed E-state index contributed by atoms with van der Waals surface area (Å²) < 4.78 is 17.2. The van der Waals surface area contributed by atoms with Gasteiger partial charge >= 0.3 is 5.97 Å². The van der Waals surface area contributed by atoms with Gasteiger partial charge in [-0.2, -0.15) is 0 Å². The van der Waals surface area contributed by atoms with Crippen LogP contribution < -0.4 is 0 Å². The number of fused-ring (bicyclic) bond motifs is 3. The van der Waals surface area contributed by atoms with Gasteiger partial charge in [0, 0.05) is 18.3 Å². The fraction of sp³-hybridized carbons (Fsp3) is 0.933. The van der Waals surface area contributed by atoms with E-state index in [0.717, 1.165) is 25.7 Å². The molecule has 6 aliphatic rings. The van der Waals surface area contributed by atoms with E-state index in [1.54, 1.807) is 0 Å². The first-order valence-corrected chi connectivity index (χ1v) is 7.90. The molecule has 0 amide bonds. The Balaban J connectivity index is 1.68. The van der Waals surface area contributed by atoms with Crippen molar-refractivity contribution in [1.82, 2.24) is 0 Å². The molecule has 0 aromatic heterocycles. The maximum atomic E-state index is 12.4. The van der Waals surface area contributed by atoms with Gasteiger partial charge in [-0.1, -0.05) is 6.92 Å². The second-order valence-corrected chi connectivity index (χ2v) is 7.44. The van der Waals surface area contributed by atoms with E-state index in [4.69, 9.17) is 24.0 Å². The Morgan fingerprint density at radius 3 is 2.76 bits per heavy atom. The smallest absolute Gasteiger partial charge is 0.343 e. The summed E-state index contributed by atoms with van der Waals surface area (Å²) in [5.74, 6) is -0.410. The summed E-state index contributed by atoms with van der Waals surface area (Å²) in [7, 11) is 0. The highest BCUT2D eigenvalue weighted by Gasteiger charge is 2.78. The van der Waals surface area contributed by atoms with Crippen LogP contribution in [0.2, 0.25) is 0 Å². The molecule has 7 atom stereocenters. The quantitative estimate of drug-likeness (QED) is 0.384. The third-order valence-electron chi connectivity index (χ3n) is 6.30. The number of carbonyl (C=O) groups excluding carboxylic acids is 1. The standard InChI is InChI=1S/C15H20O6/c1-8-3-4-10-14(7-17-14)11(16)18-12-15(10)9(8)5-6-13(2,19-12)20-21-15/h8-10,12H,3-7H2,1-2H3/t8-,9?,10?,12-,13-,14-,15-/m1/s1. The van der Waals surface area contributed by atoms with E-state index >= 15 is 0 Å². The van der Waals surface area contributed by atoms with Gasteiger partial charge in [0.1, 0.15) is 0 Å². The van der Waals surface area contributed by atoms with Crippen LogP contribution >= 0.6 is 0 Å². The van der Waals surface area contributed by atoms with Crippen molar-refractivity contribution in [2.24, 2.45) is 17.8 Å². The average molecular weight is 296 g/mol. The van der Waals surface area contributed by atoms with Gasteiger partial charge in [-0.05, 0) is 32.1 Å². The number of rotatable bonds is 0. The van der Waals surface area contributed by atoms with Crippen molar-refractivity contribution in [1.29, 1.82) is 0 Å². The zero-order chi connectivity index (χ0) is 14.5. The summed E-state index contributed by atoms with van der Waals surface area (Å²) >= 11 is 0. The molecule has 2 bridgehead atoms. The predicted molar refractivity (Wildman–Crippen MR) is 67.6 cm³/mol. The minimum atomic E-state index is -0.827. The maximum Gasteiger partial charge on any atom is 0.343 e. The normalized spacial score (nSPS) is 61.1. The molecule has 6 rings (SSSR count). The largest absolute Gasteiger partial charge is 0.430 e. The molecule has 6 fully saturated rings. The molecule has 1 saturated carbocycles. The van der Waals surface area contributed by atoms with Gasteiger partial charge < -0.3 is 14.2 Å². The average Bonchev–Trinajstić information content (AvgIpc) is 3.24. The molecule has 21 heavy (non-hydrogen) atoms. The molecular formula is C15H20O6. The summed E-state index contributed by atoms with van der Waals surface area (Å²) in [6.45, 7) is 4.52. The molecule has 5 aliphatic heterocycles. The molecule has 2 spiro atoms. The van der Waals surface area contributed by atoms with Crippen LogP contribution in [0.25, 0.3) is 0 Å². The fourth-order valence-electron chi connectivity index (χ4n) is 5.03. The second-order valence-electron chi connectivity index (χ2n) is 7.44. The van der Waals surface area contributed by atoms with Crippen molar-refractivity contribution < 1.29 is 28.8 Å². The Morgan fingerprint density at radius 1 is 1.19 bits per heavy atom. The SMILES string of the molecule is C[C@@H]1CCC2[C@]34OO[C@](C)(CCC13)O[C@H]4OC(=O)[C@@]21CO1. The van der Waals surface area contributed by atoms with Gasteiger partial charge in [-0.25, -0.2) is 14.6 Å². The molecule has 1 aliphatic carbocycles. The maximum absolute atomic E-state index is 12.4.